The lowest BCUT2D eigenvalue weighted by molar-refractivity contribution is 0.0500. The molecule has 0 aliphatic rings. The molecule has 2 aromatic rings. The molecule has 2 rings (SSSR count). The SMILES string of the molecule is CCCCOC(=O)c1ccc2nc(NC(=O)OC)[nH]c2c1. The number of aromatic amines is 1. The third kappa shape index (κ3) is 3.71. The van der Waals surface area contributed by atoms with E-state index in [1.54, 1.807) is 18.2 Å². The van der Waals surface area contributed by atoms with Gasteiger partial charge in [-0.25, -0.2) is 14.6 Å². The van der Waals surface area contributed by atoms with Crippen molar-refractivity contribution in [3.8, 4) is 0 Å². The predicted octanol–water partition coefficient (Wildman–Crippen LogP) is 2.70. The van der Waals surface area contributed by atoms with Crippen molar-refractivity contribution in [3.63, 3.8) is 0 Å². The van der Waals surface area contributed by atoms with E-state index in [-0.39, 0.29) is 11.9 Å². The Morgan fingerprint density at radius 1 is 1.38 bits per heavy atom. The van der Waals surface area contributed by atoms with Crippen LogP contribution in [0.2, 0.25) is 0 Å². The van der Waals surface area contributed by atoms with Crippen LogP contribution in [0.4, 0.5) is 10.7 Å². The Labute approximate surface area is 121 Å². The Bertz CT molecular complexity index is 651. The number of methoxy groups -OCH3 is 1. The number of anilines is 1. The molecule has 21 heavy (non-hydrogen) atoms. The number of unbranched alkanes of at least 4 members (excludes halogenated alkanes) is 1. The first-order valence-electron chi connectivity index (χ1n) is 6.66. The fourth-order valence-corrected chi connectivity index (χ4v) is 1.74. The van der Waals surface area contributed by atoms with Gasteiger partial charge in [0.25, 0.3) is 0 Å². The molecule has 0 bridgehead atoms. The Morgan fingerprint density at radius 3 is 2.90 bits per heavy atom. The zero-order chi connectivity index (χ0) is 15.2. The number of rotatable bonds is 5. The average molecular weight is 291 g/mol. The van der Waals surface area contributed by atoms with Gasteiger partial charge in [-0.1, -0.05) is 13.3 Å². The highest BCUT2D eigenvalue weighted by Crippen LogP contribution is 2.17. The molecule has 1 amide bonds. The van der Waals surface area contributed by atoms with Gasteiger partial charge in [-0.05, 0) is 24.6 Å². The summed E-state index contributed by atoms with van der Waals surface area (Å²) in [6, 6.07) is 4.96. The molecule has 0 aliphatic heterocycles. The molecular weight excluding hydrogens is 274 g/mol. The second-order valence-corrected chi connectivity index (χ2v) is 4.42. The summed E-state index contributed by atoms with van der Waals surface area (Å²) < 4.78 is 9.63. The van der Waals surface area contributed by atoms with Gasteiger partial charge in [0, 0.05) is 0 Å². The second kappa shape index (κ2) is 6.74. The van der Waals surface area contributed by atoms with E-state index in [1.165, 1.54) is 7.11 Å². The summed E-state index contributed by atoms with van der Waals surface area (Å²) >= 11 is 0. The summed E-state index contributed by atoms with van der Waals surface area (Å²) in [4.78, 5) is 30.0. The standard InChI is InChI=1S/C14H17N3O4/c1-3-4-7-21-12(18)9-5-6-10-11(8-9)16-13(15-10)17-14(19)20-2/h5-6,8H,3-4,7H2,1-2H3,(H2,15,16,17,19). The lowest BCUT2D eigenvalue weighted by Gasteiger charge is -2.03. The van der Waals surface area contributed by atoms with Crippen LogP contribution in [-0.2, 0) is 9.47 Å². The van der Waals surface area contributed by atoms with E-state index in [0.29, 0.717) is 23.2 Å². The van der Waals surface area contributed by atoms with Gasteiger partial charge in [-0.3, -0.25) is 5.32 Å². The van der Waals surface area contributed by atoms with Gasteiger partial charge < -0.3 is 14.5 Å². The molecule has 7 nitrogen and oxygen atoms in total. The minimum Gasteiger partial charge on any atom is -0.462 e. The van der Waals surface area contributed by atoms with E-state index in [0.717, 1.165) is 12.8 Å². The maximum atomic E-state index is 11.8. The van der Waals surface area contributed by atoms with E-state index in [1.807, 2.05) is 6.92 Å². The molecule has 7 heteroatoms. The fraction of sp³-hybridized carbons (Fsp3) is 0.357. The molecule has 0 fully saturated rings. The molecular formula is C14H17N3O4. The van der Waals surface area contributed by atoms with Crippen LogP contribution < -0.4 is 5.32 Å². The summed E-state index contributed by atoms with van der Waals surface area (Å²) in [5.41, 5.74) is 1.70. The van der Waals surface area contributed by atoms with Crippen molar-refractivity contribution in [2.75, 3.05) is 19.0 Å². The number of H-pyrrole nitrogens is 1. The molecule has 2 N–H and O–H groups in total. The van der Waals surface area contributed by atoms with E-state index in [9.17, 15) is 9.59 Å². The number of esters is 1. The maximum Gasteiger partial charge on any atom is 0.413 e. The lowest BCUT2D eigenvalue weighted by atomic mass is 10.2. The number of carbonyl (C=O) groups is 2. The molecule has 1 heterocycles. The monoisotopic (exact) mass is 291 g/mol. The number of amides is 1. The number of ether oxygens (including phenoxy) is 2. The smallest absolute Gasteiger partial charge is 0.413 e. The number of fused-ring (bicyclic) bond motifs is 1. The highest BCUT2D eigenvalue weighted by Gasteiger charge is 2.11. The quantitative estimate of drug-likeness (QED) is 0.652. The van der Waals surface area contributed by atoms with Crippen LogP contribution in [0, 0.1) is 0 Å². The molecule has 0 saturated heterocycles. The normalized spacial score (nSPS) is 10.4. The number of carbonyl (C=O) groups excluding carboxylic acids is 2. The second-order valence-electron chi connectivity index (χ2n) is 4.42. The molecule has 1 aromatic heterocycles. The fourth-order valence-electron chi connectivity index (χ4n) is 1.74. The van der Waals surface area contributed by atoms with Gasteiger partial charge in [0.05, 0.1) is 30.3 Å². The van der Waals surface area contributed by atoms with Crippen LogP contribution in [0.1, 0.15) is 30.1 Å². The van der Waals surface area contributed by atoms with Gasteiger partial charge in [0.2, 0.25) is 5.95 Å². The zero-order valence-electron chi connectivity index (χ0n) is 11.9. The van der Waals surface area contributed by atoms with Crippen LogP contribution >= 0.6 is 0 Å². The van der Waals surface area contributed by atoms with Crippen LogP contribution in [0.3, 0.4) is 0 Å². The topological polar surface area (TPSA) is 93.3 Å². The van der Waals surface area contributed by atoms with E-state index in [4.69, 9.17) is 4.74 Å². The number of aromatic nitrogens is 2. The van der Waals surface area contributed by atoms with Crippen LogP contribution in [0.15, 0.2) is 18.2 Å². The predicted molar refractivity (Wildman–Crippen MR) is 77.3 cm³/mol. The molecule has 0 saturated carbocycles. The maximum absolute atomic E-state index is 11.8. The van der Waals surface area contributed by atoms with Gasteiger partial charge in [-0.2, -0.15) is 0 Å². The van der Waals surface area contributed by atoms with Gasteiger partial charge in [0.1, 0.15) is 0 Å². The van der Waals surface area contributed by atoms with Crippen molar-refractivity contribution < 1.29 is 19.1 Å². The van der Waals surface area contributed by atoms with E-state index in [2.05, 4.69) is 20.0 Å². The minimum absolute atomic E-state index is 0.258. The lowest BCUT2D eigenvalue weighted by Crippen LogP contribution is -2.11. The van der Waals surface area contributed by atoms with Crippen molar-refractivity contribution in [2.24, 2.45) is 0 Å². The number of benzene rings is 1. The summed E-state index contributed by atoms with van der Waals surface area (Å²) in [6.07, 6.45) is 1.19. The first kappa shape index (κ1) is 14.8. The first-order valence-corrected chi connectivity index (χ1v) is 6.66. The van der Waals surface area contributed by atoms with Crippen molar-refractivity contribution >= 4 is 29.0 Å². The number of nitrogens with zero attached hydrogens (tertiary/aromatic N) is 1. The Morgan fingerprint density at radius 2 is 2.19 bits per heavy atom. The van der Waals surface area contributed by atoms with Crippen LogP contribution in [-0.4, -0.2) is 35.7 Å². The molecule has 0 unspecified atom stereocenters. The Hall–Kier alpha value is -2.57. The Kier molecular flexibility index (Phi) is 4.76. The highest BCUT2D eigenvalue weighted by molar-refractivity contribution is 5.94. The van der Waals surface area contributed by atoms with Crippen molar-refractivity contribution in [1.82, 2.24) is 9.97 Å². The number of imidazole rings is 1. The van der Waals surface area contributed by atoms with Gasteiger partial charge >= 0.3 is 12.1 Å². The molecule has 0 aliphatic carbocycles. The molecule has 112 valence electrons. The largest absolute Gasteiger partial charge is 0.462 e. The average Bonchev–Trinajstić information content (AvgIpc) is 2.88. The molecule has 0 spiro atoms. The highest BCUT2D eigenvalue weighted by atomic mass is 16.5. The molecule has 1 aromatic carbocycles. The summed E-state index contributed by atoms with van der Waals surface area (Å²) in [6.45, 7) is 2.44. The van der Waals surface area contributed by atoms with E-state index >= 15 is 0 Å². The minimum atomic E-state index is -0.617. The van der Waals surface area contributed by atoms with Gasteiger partial charge in [-0.15, -0.1) is 0 Å². The summed E-state index contributed by atoms with van der Waals surface area (Å²) in [7, 11) is 1.27. The third-order valence-corrected chi connectivity index (χ3v) is 2.85. The van der Waals surface area contributed by atoms with Crippen LogP contribution in [0.5, 0.6) is 0 Å². The first-order chi connectivity index (χ1) is 10.1. The summed E-state index contributed by atoms with van der Waals surface area (Å²) in [5.74, 6) is -0.115. The molecule has 0 radical (unpaired) electrons. The summed E-state index contributed by atoms with van der Waals surface area (Å²) in [5, 5.41) is 2.43. The number of hydrogen-bond acceptors (Lipinski definition) is 5. The van der Waals surface area contributed by atoms with Crippen LogP contribution in [0.25, 0.3) is 11.0 Å². The molecule has 0 atom stereocenters. The Balaban J connectivity index is 2.13. The number of hydrogen-bond donors (Lipinski definition) is 2. The zero-order valence-corrected chi connectivity index (χ0v) is 11.9. The van der Waals surface area contributed by atoms with Crippen molar-refractivity contribution in [1.29, 1.82) is 0 Å². The third-order valence-electron chi connectivity index (χ3n) is 2.85. The van der Waals surface area contributed by atoms with Crippen molar-refractivity contribution in [3.05, 3.63) is 23.8 Å². The van der Waals surface area contributed by atoms with Gasteiger partial charge in [0.15, 0.2) is 0 Å². The number of nitrogens with one attached hydrogen (secondary N) is 2. The van der Waals surface area contributed by atoms with E-state index < -0.39 is 6.09 Å². The van der Waals surface area contributed by atoms with Crippen molar-refractivity contribution in [2.45, 2.75) is 19.8 Å².